The molecule has 2 heterocycles. The molecular formula is C12H22N2O3. The van der Waals surface area contributed by atoms with E-state index in [4.69, 9.17) is 15.6 Å². The third kappa shape index (κ3) is 2.61. The number of carbonyl (C=O) groups excluding carboxylic acids is 1. The van der Waals surface area contributed by atoms with Gasteiger partial charge in [-0.25, -0.2) is 0 Å². The number of ether oxygens (including phenoxy) is 1. The van der Waals surface area contributed by atoms with E-state index in [1.165, 1.54) is 0 Å². The Hall–Kier alpha value is -0.650. The van der Waals surface area contributed by atoms with E-state index in [-0.39, 0.29) is 18.6 Å². The minimum atomic E-state index is -0.828. The second-order valence-corrected chi connectivity index (χ2v) is 5.12. The van der Waals surface area contributed by atoms with Gasteiger partial charge in [0, 0.05) is 25.8 Å². The molecule has 98 valence electrons. The summed E-state index contributed by atoms with van der Waals surface area (Å²) in [5, 5.41) is 9.05. The Morgan fingerprint density at radius 3 is 3.00 bits per heavy atom. The fourth-order valence-electron chi connectivity index (χ4n) is 2.75. The lowest BCUT2D eigenvalue weighted by atomic mass is 9.93. The first kappa shape index (κ1) is 12.8. The lowest BCUT2D eigenvalue weighted by Crippen LogP contribution is -2.59. The van der Waals surface area contributed by atoms with Crippen LogP contribution in [0, 0.1) is 0 Å². The van der Waals surface area contributed by atoms with Gasteiger partial charge in [-0.1, -0.05) is 0 Å². The van der Waals surface area contributed by atoms with Crippen molar-refractivity contribution in [1.29, 1.82) is 0 Å². The van der Waals surface area contributed by atoms with E-state index < -0.39 is 5.54 Å². The van der Waals surface area contributed by atoms with E-state index in [1.54, 1.807) is 0 Å². The van der Waals surface area contributed by atoms with Crippen LogP contribution in [-0.2, 0) is 9.53 Å². The molecular weight excluding hydrogens is 220 g/mol. The van der Waals surface area contributed by atoms with Crippen molar-refractivity contribution in [2.75, 3.05) is 26.4 Å². The number of aliphatic hydroxyl groups excluding tert-OH is 1. The summed E-state index contributed by atoms with van der Waals surface area (Å²) in [5.74, 6) is 0.00755. The maximum absolute atomic E-state index is 12.4. The molecule has 5 heteroatoms. The van der Waals surface area contributed by atoms with Crippen LogP contribution >= 0.6 is 0 Å². The van der Waals surface area contributed by atoms with Crippen molar-refractivity contribution in [3.8, 4) is 0 Å². The molecule has 2 aliphatic heterocycles. The highest BCUT2D eigenvalue weighted by Crippen LogP contribution is 2.25. The van der Waals surface area contributed by atoms with Gasteiger partial charge in [0.1, 0.15) is 5.54 Å². The summed E-state index contributed by atoms with van der Waals surface area (Å²) < 4.78 is 5.25. The average Bonchev–Trinajstić information content (AvgIpc) is 2.78. The zero-order chi connectivity index (χ0) is 12.3. The summed E-state index contributed by atoms with van der Waals surface area (Å²) in [6.07, 6.45) is 4.40. The number of carbonyl (C=O) groups is 1. The van der Waals surface area contributed by atoms with Crippen molar-refractivity contribution in [2.24, 2.45) is 5.73 Å². The van der Waals surface area contributed by atoms with E-state index in [1.807, 2.05) is 4.90 Å². The monoisotopic (exact) mass is 242 g/mol. The molecule has 2 aliphatic rings. The lowest BCUT2D eigenvalue weighted by Gasteiger charge is -2.39. The molecule has 1 amide bonds. The van der Waals surface area contributed by atoms with Crippen LogP contribution in [0.25, 0.3) is 0 Å². The number of aliphatic hydroxyl groups is 1. The van der Waals surface area contributed by atoms with Gasteiger partial charge in [0.15, 0.2) is 0 Å². The molecule has 2 fully saturated rings. The summed E-state index contributed by atoms with van der Waals surface area (Å²) >= 11 is 0. The second-order valence-electron chi connectivity index (χ2n) is 5.12. The van der Waals surface area contributed by atoms with Crippen LogP contribution in [-0.4, -0.2) is 53.9 Å². The molecule has 5 nitrogen and oxygen atoms in total. The van der Waals surface area contributed by atoms with Gasteiger partial charge in [-0.05, 0) is 32.1 Å². The Kier molecular flexibility index (Phi) is 4.01. The molecule has 0 aromatic heterocycles. The van der Waals surface area contributed by atoms with Crippen molar-refractivity contribution in [2.45, 2.75) is 43.7 Å². The molecule has 3 N–H and O–H groups in total. The van der Waals surface area contributed by atoms with Gasteiger partial charge in [0.05, 0.1) is 6.61 Å². The van der Waals surface area contributed by atoms with Crippen LogP contribution in [0.15, 0.2) is 0 Å². The predicted octanol–water partition coefficient (Wildman–Crippen LogP) is -0.132. The summed E-state index contributed by atoms with van der Waals surface area (Å²) in [4.78, 5) is 14.3. The first-order valence-electron chi connectivity index (χ1n) is 6.46. The zero-order valence-corrected chi connectivity index (χ0v) is 10.2. The highest BCUT2D eigenvalue weighted by atomic mass is 16.5. The number of amides is 1. The first-order chi connectivity index (χ1) is 8.17. The van der Waals surface area contributed by atoms with Crippen LogP contribution in [0.2, 0.25) is 0 Å². The molecule has 17 heavy (non-hydrogen) atoms. The van der Waals surface area contributed by atoms with E-state index >= 15 is 0 Å². The molecule has 2 unspecified atom stereocenters. The Morgan fingerprint density at radius 1 is 1.53 bits per heavy atom. The van der Waals surface area contributed by atoms with Crippen molar-refractivity contribution in [3.63, 3.8) is 0 Å². The minimum Gasteiger partial charge on any atom is -0.396 e. The maximum atomic E-state index is 12.4. The largest absolute Gasteiger partial charge is 0.396 e. The predicted molar refractivity (Wildman–Crippen MR) is 63.4 cm³/mol. The van der Waals surface area contributed by atoms with Crippen molar-refractivity contribution < 1.29 is 14.6 Å². The molecule has 0 aromatic rings. The number of hydrogen-bond donors (Lipinski definition) is 2. The van der Waals surface area contributed by atoms with Gasteiger partial charge >= 0.3 is 0 Å². The van der Waals surface area contributed by atoms with Crippen LogP contribution in [0.1, 0.15) is 32.1 Å². The third-order valence-corrected chi connectivity index (χ3v) is 3.83. The Bertz CT molecular complexity index is 275. The number of likely N-dealkylation sites (tertiary alicyclic amines) is 1. The van der Waals surface area contributed by atoms with Crippen molar-refractivity contribution in [1.82, 2.24) is 4.90 Å². The number of rotatable bonds is 3. The van der Waals surface area contributed by atoms with Crippen LogP contribution < -0.4 is 5.73 Å². The SMILES string of the molecule is NC1(C(=O)N2CCCCC2CCO)CCOC1. The van der Waals surface area contributed by atoms with Crippen LogP contribution in [0.5, 0.6) is 0 Å². The smallest absolute Gasteiger partial charge is 0.245 e. The van der Waals surface area contributed by atoms with Crippen LogP contribution in [0.4, 0.5) is 0 Å². The number of hydrogen-bond acceptors (Lipinski definition) is 4. The maximum Gasteiger partial charge on any atom is 0.245 e. The van der Waals surface area contributed by atoms with Gasteiger partial charge in [-0.15, -0.1) is 0 Å². The van der Waals surface area contributed by atoms with Gasteiger partial charge < -0.3 is 20.5 Å². The summed E-state index contributed by atoms with van der Waals surface area (Å²) in [6.45, 7) is 1.79. The Morgan fingerprint density at radius 2 is 2.35 bits per heavy atom. The van der Waals surface area contributed by atoms with E-state index in [0.717, 1.165) is 25.8 Å². The molecule has 2 atom stereocenters. The quantitative estimate of drug-likeness (QED) is 0.722. The molecule has 0 spiro atoms. The number of nitrogens with zero attached hydrogens (tertiary/aromatic N) is 1. The molecule has 0 aromatic carbocycles. The molecule has 2 saturated heterocycles. The summed E-state index contributed by atoms with van der Waals surface area (Å²) in [5.41, 5.74) is 5.28. The average molecular weight is 242 g/mol. The highest BCUT2D eigenvalue weighted by Gasteiger charge is 2.43. The summed E-state index contributed by atoms with van der Waals surface area (Å²) in [7, 11) is 0. The minimum absolute atomic E-state index is 0.00755. The van der Waals surface area contributed by atoms with Crippen molar-refractivity contribution >= 4 is 5.91 Å². The zero-order valence-electron chi connectivity index (χ0n) is 10.2. The molecule has 2 rings (SSSR count). The van der Waals surface area contributed by atoms with Crippen molar-refractivity contribution in [3.05, 3.63) is 0 Å². The lowest BCUT2D eigenvalue weighted by molar-refractivity contribution is -0.141. The highest BCUT2D eigenvalue weighted by molar-refractivity contribution is 5.87. The van der Waals surface area contributed by atoms with Gasteiger partial charge in [0.25, 0.3) is 0 Å². The second kappa shape index (κ2) is 5.33. The number of nitrogens with two attached hydrogens (primary N) is 1. The standard InChI is InChI=1S/C12H22N2O3/c13-12(5-8-17-9-12)11(16)14-6-2-1-3-10(14)4-7-15/h10,15H,1-9,13H2. The number of piperidine rings is 1. The third-order valence-electron chi connectivity index (χ3n) is 3.83. The normalized spacial score (nSPS) is 34.0. The van der Waals surface area contributed by atoms with Gasteiger partial charge in [-0.2, -0.15) is 0 Å². The fraction of sp³-hybridized carbons (Fsp3) is 0.917. The van der Waals surface area contributed by atoms with Gasteiger partial charge in [0.2, 0.25) is 5.91 Å². The molecule has 0 radical (unpaired) electrons. The fourth-order valence-corrected chi connectivity index (χ4v) is 2.75. The Balaban J connectivity index is 2.05. The van der Waals surface area contributed by atoms with E-state index in [9.17, 15) is 4.79 Å². The Labute approximate surface area is 102 Å². The van der Waals surface area contributed by atoms with Crippen LogP contribution in [0.3, 0.4) is 0 Å². The molecule has 0 aliphatic carbocycles. The van der Waals surface area contributed by atoms with Gasteiger partial charge in [-0.3, -0.25) is 4.79 Å². The molecule has 0 bridgehead atoms. The van der Waals surface area contributed by atoms with E-state index in [2.05, 4.69) is 0 Å². The van der Waals surface area contributed by atoms with E-state index in [0.29, 0.717) is 26.1 Å². The first-order valence-corrected chi connectivity index (χ1v) is 6.46. The summed E-state index contributed by atoms with van der Waals surface area (Å²) in [6, 6.07) is 0.155. The molecule has 0 saturated carbocycles. The topological polar surface area (TPSA) is 75.8 Å².